The van der Waals surface area contributed by atoms with Crippen molar-refractivity contribution in [3.05, 3.63) is 80.8 Å². The Morgan fingerprint density at radius 2 is 1.91 bits per heavy atom. The molecule has 1 N–H and O–H groups in total. The summed E-state index contributed by atoms with van der Waals surface area (Å²) >= 11 is 18.6. The van der Waals surface area contributed by atoms with Crippen LogP contribution in [0.5, 0.6) is 5.75 Å². The smallest absolute Gasteiger partial charge is 0.248 e. The number of carbonyl (C=O) groups excluding carboxylic acids is 1. The summed E-state index contributed by atoms with van der Waals surface area (Å²) in [5.74, 6) is 0.459. The molecule has 3 aromatic carbocycles. The van der Waals surface area contributed by atoms with Gasteiger partial charge in [-0.1, -0.05) is 47.8 Å². The number of carbonyl (C=O) groups is 1. The standard InChI is InChI=1S/C25H19Cl3N2O3/c1-3-14-4-8-22-21(10-14)30-25(33-22)18-13-17(6-7-19(18)27)29-23(31)9-5-15-11-16(26)12-20(28)24(15)32-2/h4-13H,3H2,1-2H3,(H,29,31)/b9-5+. The number of methoxy groups -OCH3 is 1. The van der Waals surface area contributed by atoms with Crippen LogP contribution >= 0.6 is 34.8 Å². The second-order valence-corrected chi connectivity index (χ2v) is 8.45. The molecule has 4 aromatic rings. The van der Waals surface area contributed by atoms with Gasteiger partial charge in [-0.3, -0.25) is 4.79 Å². The Bertz CT molecular complexity index is 1380. The molecule has 168 valence electrons. The number of anilines is 1. The molecular formula is C25H19Cl3N2O3. The van der Waals surface area contributed by atoms with Crippen molar-refractivity contribution in [2.45, 2.75) is 13.3 Å². The maximum Gasteiger partial charge on any atom is 0.248 e. The minimum absolute atomic E-state index is 0.355. The first-order valence-corrected chi connectivity index (χ1v) is 11.2. The molecule has 5 nitrogen and oxygen atoms in total. The zero-order valence-electron chi connectivity index (χ0n) is 17.8. The highest BCUT2D eigenvalue weighted by atomic mass is 35.5. The van der Waals surface area contributed by atoms with Crippen LogP contribution in [0, 0.1) is 0 Å². The monoisotopic (exact) mass is 500 g/mol. The Labute approximate surface area is 205 Å². The van der Waals surface area contributed by atoms with Gasteiger partial charge in [0, 0.05) is 22.3 Å². The van der Waals surface area contributed by atoms with E-state index in [9.17, 15) is 4.79 Å². The first kappa shape index (κ1) is 23.2. The minimum atomic E-state index is -0.355. The van der Waals surface area contributed by atoms with E-state index < -0.39 is 0 Å². The Morgan fingerprint density at radius 3 is 2.67 bits per heavy atom. The predicted molar refractivity (Wildman–Crippen MR) is 135 cm³/mol. The van der Waals surface area contributed by atoms with Crippen LogP contribution in [0.2, 0.25) is 15.1 Å². The Morgan fingerprint density at radius 1 is 1.09 bits per heavy atom. The highest BCUT2D eigenvalue weighted by Crippen LogP contribution is 2.34. The molecule has 0 aliphatic rings. The number of halogens is 3. The molecule has 0 aliphatic heterocycles. The maximum absolute atomic E-state index is 12.5. The fraction of sp³-hybridized carbons (Fsp3) is 0.120. The third-order valence-electron chi connectivity index (χ3n) is 4.98. The Kier molecular flexibility index (Phi) is 6.94. The lowest BCUT2D eigenvalue weighted by molar-refractivity contribution is -0.111. The number of hydrogen-bond acceptors (Lipinski definition) is 4. The number of amides is 1. The number of nitrogens with zero attached hydrogens (tertiary/aromatic N) is 1. The molecule has 0 saturated carbocycles. The summed E-state index contributed by atoms with van der Waals surface area (Å²) in [6.45, 7) is 2.08. The van der Waals surface area contributed by atoms with Gasteiger partial charge in [-0.15, -0.1) is 0 Å². The van der Waals surface area contributed by atoms with Crippen molar-refractivity contribution in [1.82, 2.24) is 4.98 Å². The van der Waals surface area contributed by atoms with Crippen molar-refractivity contribution < 1.29 is 13.9 Å². The fourth-order valence-corrected chi connectivity index (χ4v) is 4.13. The fourth-order valence-electron chi connectivity index (χ4n) is 3.34. The van der Waals surface area contributed by atoms with E-state index in [1.165, 1.54) is 18.7 Å². The van der Waals surface area contributed by atoms with Crippen LogP contribution in [0.4, 0.5) is 5.69 Å². The molecule has 0 saturated heterocycles. The third kappa shape index (κ3) is 5.17. The third-order valence-corrected chi connectivity index (χ3v) is 5.81. The molecule has 8 heteroatoms. The van der Waals surface area contributed by atoms with E-state index >= 15 is 0 Å². The predicted octanol–water partition coefficient (Wildman–Crippen LogP) is 7.68. The molecule has 0 bridgehead atoms. The van der Waals surface area contributed by atoms with E-state index in [0.717, 1.165) is 11.9 Å². The normalized spacial score (nSPS) is 11.3. The van der Waals surface area contributed by atoms with Gasteiger partial charge in [-0.05, 0) is 60.5 Å². The van der Waals surface area contributed by atoms with Crippen LogP contribution in [-0.2, 0) is 11.2 Å². The zero-order chi connectivity index (χ0) is 23.5. The van der Waals surface area contributed by atoms with Crippen molar-refractivity contribution in [1.29, 1.82) is 0 Å². The van der Waals surface area contributed by atoms with Gasteiger partial charge in [0.1, 0.15) is 11.3 Å². The zero-order valence-corrected chi connectivity index (χ0v) is 20.1. The van der Waals surface area contributed by atoms with Gasteiger partial charge in [0.05, 0.1) is 22.7 Å². The van der Waals surface area contributed by atoms with E-state index in [0.29, 0.717) is 49.1 Å². The summed E-state index contributed by atoms with van der Waals surface area (Å²) in [5.41, 5.74) is 4.29. The summed E-state index contributed by atoms with van der Waals surface area (Å²) in [4.78, 5) is 17.1. The number of rotatable bonds is 6. The van der Waals surface area contributed by atoms with Crippen molar-refractivity contribution in [2.75, 3.05) is 12.4 Å². The molecule has 0 spiro atoms. The van der Waals surface area contributed by atoms with Gasteiger partial charge < -0.3 is 14.5 Å². The lowest BCUT2D eigenvalue weighted by Crippen LogP contribution is -2.07. The molecule has 0 radical (unpaired) electrons. The molecule has 1 amide bonds. The molecule has 0 atom stereocenters. The average molecular weight is 502 g/mol. The minimum Gasteiger partial charge on any atom is -0.495 e. The van der Waals surface area contributed by atoms with Crippen LogP contribution in [-0.4, -0.2) is 18.0 Å². The highest BCUT2D eigenvalue weighted by molar-refractivity contribution is 6.36. The SMILES string of the molecule is CCc1ccc2oc(-c3cc(NC(=O)/C=C/c4cc(Cl)cc(Cl)c4OC)ccc3Cl)nc2c1. The lowest BCUT2D eigenvalue weighted by atomic mass is 10.1. The van der Waals surface area contributed by atoms with Crippen molar-refractivity contribution in [3.8, 4) is 17.2 Å². The average Bonchev–Trinajstić information content (AvgIpc) is 3.21. The number of hydrogen-bond donors (Lipinski definition) is 1. The summed E-state index contributed by atoms with van der Waals surface area (Å²) in [6.07, 6.45) is 3.85. The quantitative estimate of drug-likeness (QED) is 0.275. The van der Waals surface area contributed by atoms with Gasteiger partial charge in [-0.2, -0.15) is 0 Å². The topological polar surface area (TPSA) is 64.4 Å². The number of oxazole rings is 1. The second-order valence-electron chi connectivity index (χ2n) is 7.20. The molecule has 0 fully saturated rings. The van der Waals surface area contributed by atoms with Crippen LogP contribution in [0.25, 0.3) is 28.6 Å². The highest BCUT2D eigenvalue weighted by Gasteiger charge is 2.14. The number of nitrogens with one attached hydrogen (secondary N) is 1. The molecule has 1 heterocycles. The van der Waals surface area contributed by atoms with Crippen molar-refractivity contribution in [2.24, 2.45) is 0 Å². The van der Waals surface area contributed by atoms with E-state index in [1.54, 1.807) is 36.4 Å². The number of aromatic nitrogens is 1. The Hall–Kier alpha value is -2.99. The largest absolute Gasteiger partial charge is 0.495 e. The van der Waals surface area contributed by atoms with E-state index in [4.69, 9.17) is 44.0 Å². The molecule has 0 aliphatic carbocycles. The van der Waals surface area contributed by atoms with Gasteiger partial charge in [0.2, 0.25) is 11.8 Å². The maximum atomic E-state index is 12.5. The summed E-state index contributed by atoms with van der Waals surface area (Å²) in [5, 5.41) is 4.07. The van der Waals surface area contributed by atoms with Crippen LogP contribution in [0.15, 0.2) is 59.0 Å². The first-order valence-electron chi connectivity index (χ1n) is 10.1. The second kappa shape index (κ2) is 9.87. The molecule has 4 rings (SSSR count). The van der Waals surface area contributed by atoms with E-state index in [-0.39, 0.29) is 5.91 Å². The van der Waals surface area contributed by atoms with Crippen LogP contribution in [0.1, 0.15) is 18.1 Å². The summed E-state index contributed by atoms with van der Waals surface area (Å²) in [7, 11) is 1.50. The number of aryl methyl sites for hydroxylation is 1. The van der Waals surface area contributed by atoms with Crippen molar-refractivity contribution in [3.63, 3.8) is 0 Å². The van der Waals surface area contributed by atoms with Gasteiger partial charge in [0.25, 0.3) is 0 Å². The van der Waals surface area contributed by atoms with Gasteiger partial charge in [-0.25, -0.2) is 4.98 Å². The summed E-state index contributed by atoms with van der Waals surface area (Å²) < 4.78 is 11.2. The van der Waals surface area contributed by atoms with E-state index in [2.05, 4.69) is 17.2 Å². The van der Waals surface area contributed by atoms with Gasteiger partial charge >= 0.3 is 0 Å². The van der Waals surface area contributed by atoms with Crippen molar-refractivity contribution >= 4 is 63.6 Å². The number of fused-ring (bicyclic) bond motifs is 1. The van der Waals surface area contributed by atoms with Gasteiger partial charge in [0.15, 0.2) is 5.58 Å². The number of ether oxygens (including phenoxy) is 1. The lowest BCUT2D eigenvalue weighted by Gasteiger charge is -2.08. The van der Waals surface area contributed by atoms with Crippen LogP contribution in [0.3, 0.4) is 0 Å². The molecular weight excluding hydrogens is 483 g/mol. The number of benzene rings is 3. The molecule has 33 heavy (non-hydrogen) atoms. The first-order chi connectivity index (χ1) is 15.9. The van der Waals surface area contributed by atoms with E-state index in [1.807, 2.05) is 18.2 Å². The molecule has 1 aromatic heterocycles. The van der Waals surface area contributed by atoms with Crippen LogP contribution < -0.4 is 10.1 Å². The summed E-state index contributed by atoms with van der Waals surface area (Å²) in [6, 6.07) is 14.2. The molecule has 0 unspecified atom stereocenters. The Balaban J connectivity index is 1.57.